The number of benzene rings is 1. The number of oxazole rings is 1. The summed E-state index contributed by atoms with van der Waals surface area (Å²) in [6.07, 6.45) is 4.00. The zero-order valence-corrected chi connectivity index (χ0v) is 17.2. The molecule has 0 radical (unpaired) electrons. The molecule has 3 aromatic rings. The Morgan fingerprint density at radius 1 is 1.30 bits per heavy atom. The summed E-state index contributed by atoms with van der Waals surface area (Å²) in [4.78, 5) is 22.5. The molecule has 1 saturated carbocycles. The van der Waals surface area contributed by atoms with Crippen LogP contribution in [0, 0.1) is 11.2 Å². The average Bonchev–Trinajstić information content (AvgIpc) is 3.48. The maximum absolute atomic E-state index is 13.3. The van der Waals surface area contributed by atoms with E-state index in [1.54, 1.807) is 0 Å². The number of pyridine rings is 1. The number of halogens is 2. The number of aromatic nitrogens is 2. The molecule has 2 aliphatic rings. The number of nitrogens with one attached hydrogen (secondary N) is 1. The molecule has 5 rings (SSSR count). The number of hydrogen-bond acceptors (Lipinski definition) is 5. The second-order valence-corrected chi connectivity index (χ2v) is 8.70. The van der Waals surface area contributed by atoms with Crippen LogP contribution >= 0.6 is 11.6 Å². The van der Waals surface area contributed by atoms with Gasteiger partial charge in [0.15, 0.2) is 0 Å². The Morgan fingerprint density at radius 3 is 2.77 bits per heavy atom. The number of hydrogen-bond donors (Lipinski definition) is 1. The quantitative estimate of drug-likeness (QED) is 0.582. The van der Waals surface area contributed by atoms with Crippen LogP contribution in [0.5, 0.6) is 0 Å². The molecule has 2 fully saturated rings. The number of anilines is 1. The molecule has 2 aromatic heterocycles. The second-order valence-electron chi connectivity index (χ2n) is 8.43. The van der Waals surface area contributed by atoms with Gasteiger partial charge < -0.3 is 14.6 Å². The van der Waals surface area contributed by atoms with Crippen molar-refractivity contribution in [3.05, 3.63) is 53.5 Å². The minimum Gasteiger partial charge on any atom is -0.404 e. The number of nitrogens with zero attached hydrogens (tertiary/aromatic N) is 3. The molecule has 8 heteroatoms. The van der Waals surface area contributed by atoms with Crippen molar-refractivity contribution in [3.63, 3.8) is 0 Å². The maximum atomic E-state index is 13.3. The van der Waals surface area contributed by atoms with Crippen LogP contribution in [0.1, 0.15) is 29.9 Å². The predicted molar refractivity (Wildman–Crippen MR) is 112 cm³/mol. The molecule has 3 heterocycles. The fourth-order valence-electron chi connectivity index (χ4n) is 3.92. The molecule has 0 unspecified atom stereocenters. The SMILES string of the molecule is O=C(Cc1ccc(C2CC2)cc1)NCC1(CCl)CN(c2nc3cc(F)cnc3o2)C1. The van der Waals surface area contributed by atoms with Gasteiger partial charge in [-0.1, -0.05) is 24.3 Å². The molecule has 6 nitrogen and oxygen atoms in total. The molecule has 0 spiro atoms. The molecule has 1 aliphatic carbocycles. The Labute approximate surface area is 178 Å². The lowest BCUT2D eigenvalue weighted by Crippen LogP contribution is -2.62. The summed E-state index contributed by atoms with van der Waals surface area (Å²) >= 11 is 6.22. The Balaban J connectivity index is 1.15. The first-order valence-corrected chi connectivity index (χ1v) is 10.7. The second kappa shape index (κ2) is 7.54. The van der Waals surface area contributed by atoms with Crippen LogP contribution in [0.3, 0.4) is 0 Å². The van der Waals surface area contributed by atoms with Gasteiger partial charge in [0.2, 0.25) is 11.6 Å². The summed E-state index contributed by atoms with van der Waals surface area (Å²) in [6, 6.07) is 10.0. The van der Waals surface area contributed by atoms with E-state index in [-0.39, 0.29) is 11.3 Å². The Bertz CT molecular complexity index is 1070. The van der Waals surface area contributed by atoms with Gasteiger partial charge in [-0.3, -0.25) is 4.79 Å². The van der Waals surface area contributed by atoms with Crippen LogP contribution in [-0.4, -0.2) is 41.4 Å². The van der Waals surface area contributed by atoms with Crippen molar-refractivity contribution in [1.82, 2.24) is 15.3 Å². The van der Waals surface area contributed by atoms with Crippen LogP contribution in [0.15, 0.2) is 40.9 Å². The lowest BCUT2D eigenvalue weighted by molar-refractivity contribution is -0.121. The topological polar surface area (TPSA) is 71.3 Å². The fraction of sp³-hybridized carbons (Fsp3) is 0.409. The number of alkyl halides is 1. The normalized spacial score (nSPS) is 17.7. The first-order valence-electron chi connectivity index (χ1n) is 10.1. The lowest BCUT2D eigenvalue weighted by atomic mass is 9.82. The first kappa shape index (κ1) is 19.3. The first-order chi connectivity index (χ1) is 14.5. The van der Waals surface area contributed by atoms with Crippen LogP contribution < -0.4 is 10.2 Å². The Morgan fingerprint density at radius 2 is 2.07 bits per heavy atom. The van der Waals surface area contributed by atoms with E-state index in [0.29, 0.717) is 55.1 Å². The largest absolute Gasteiger partial charge is 0.404 e. The van der Waals surface area contributed by atoms with Crippen LogP contribution in [0.25, 0.3) is 11.2 Å². The maximum Gasteiger partial charge on any atom is 0.299 e. The van der Waals surface area contributed by atoms with E-state index in [0.717, 1.165) is 11.8 Å². The van der Waals surface area contributed by atoms with Gasteiger partial charge in [-0.2, -0.15) is 4.98 Å². The molecule has 1 saturated heterocycles. The van der Waals surface area contributed by atoms with Crippen molar-refractivity contribution in [2.24, 2.45) is 5.41 Å². The fourth-order valence-corrected chi connectivity index (χ4v) is 4.19. The van der Waals surface area contributed by atoms with E-state index in [1.807, 2.05) is 17.0 Å². The van der Waals surface area contributed by atoms with Crippen LogP contribution in [0.4, 0.5) is 10.4 Å². The van der Waals surface area contributed by atoms with Crippen molar-refractivity contribution < 1.29 is 13.6 Å². The molecule has 1 N–H and O–H groups in total. The van der Waals surface area contributed by atoms with Crippen molar-refractivity contribution in [1.29, 1.82) is 0 Å². The van der Waals surface area contributed by atoms with E-state index < -0.39 is 5.82 Å². The molecule has 156 valence electrons. The zero-order valence-electron chi connectivity index (χ0n) is 16.4. The molecule has 1 amide bonds. The van der Waals surface area contributed by atoms with E-state index in [4.69, 9.17) is 16.0 Å². The van der Waals surface area contributed by atoms with E-state index in [9.17, 15) is 9.18 Å². The monoisotopic (exact) mass is 428 g/mol. The van der Waals surface area contributed by atoms with Crippen LogP contribution in [-0.2, 0) is 11.2 Å². The van der Waals surface area contributed by atoms with Gasteiger partial charge >= 0.3 is 0 Å². The highest BCUT2D eigenvalue weighted by atomic mass is 35.5. The summed E-state index contributed by atoms with van der Waals surface area (Å²) in [7, 11) is 0. The van der Waals surface area contributed by atoms with Gasteiger partial charge in [0.05, 0.1) is 12.6 Å². The molecular formula is C22H22ClFN4O2. The number of carbonyl (C=O) groups is 1. The highest BCUT2D eigenvalue weighted by Crippen LogP contribution is 2.40. The Kier molecular flexibility index (Phi) is 4.85. The van der Waals surface area contributed by atoms with E-state index >= 15 is 0 Å². The number of carbonyl (C=O) groups excluding carboxylic acids is 1. The van der Waals surface area contributed by atoms with Crippen LogP contribution in [0.2, 0.25) is 0 Å². The van der Waals surface area contributed by atoms with Gasteiger partial charge in [0, 0.05) is 37.0 Å². The lowest BCUT2D eigenvalue weighted by Gasteiger charge is -2.48. The van der Waals surface area contributed by atoms with Gasteiger partial charge in [-0.05, 0) is 29.9 Å². The van der Waals surface area contributed by atoms with E-state index in [2.05, 4.69) is 27.4 Å². The molecular weight excluding hydrogens is 407 g/mol. The molecule has 1 aromatic carbocycles. The van der Waals surface area contributed by atoms with Gasteiger partial charge in [0.25, 0.3) is 6.01 Å². The summed E-state index contributed by atoms with van der Waals surface area (Å²) in [5, 5.41) is 3.02. The van der Waals surface area contributed by atoms with Crippen molar-refractivity contribution in [2.75, 3.05) is 30.4 Å². The van der Waals surface area contributed by atoms with Gasteiger partial charge in [0.1, 0.15) is 11.3 Å². The molecule has 1 aliphatic heterocycles. The highest BCUT2D eigenvalue weighted by molar-refractivity contribution is 6.18. The number of rotatable bonds is 7. The third kappa shape index (κ3) is 3.86. The number of fused-ring (bicyclic) bond motifs is 1. The standard InChI is InChI=1S/C22H22ClFN4O2/c23-10-22(11-26-19(29)7-14-1-3-15(4-2-14)16-5-6-16)12-28(13-22)21-27-18-8-17(24)9-25-20(18)30-21/h1-4,8-9,16H,5-7,10-13H2,(H,26,29). The van der Waals surface area contributed by atoms with Gasteiger partial charge in [-0.25, -0.2) is 9.37 Å². The van der Waals surface area contributed by atoms with E-state index in [1.165, 1.54) is 24.5 Å². The van der Waals surface area contributed by atoms with Crippen molar-refractivity contribution in [3.8, 4) is 0 Å². The summed E-state index contributed by atoms with van der Waals surface area (Å²) in [5.41, 5.74) is 2.82. The minimum absolute atomic E-state index is 0.0151. The predicted octanol–water partition coefficient (Wildman–Crippen LogP) is 3.64. The van der Waals surface area contributed by atoms with Gasteiger partial charge in [-0.15, -0.1) is 11.6 Å². The van der Waals surface area contributed by atoms with Crippen molar-refractivity contribution in [2.45, 2.75) is 25.2 Å². The summed E-state index contributed by atoms with van der Waals surface area (Å²) in [6.45, 7) is 1.68. The summed E-state index contributed by atoms with van der Waals surface area (Å²) in [5.74, 6) is 0.658. The minimum atomic E-state index is -0.453. The molecule has 0 bridgehead atoms. The Hall–Kier alpha value is -2.67. The van der Waals surface area contributed by atoms with Crippen molar-refractivity contribution >= 4 is 34.8 Å². The molecule has 30 heavy (non-hydrogen) atoms. The zero-order chi connectivity index (χ0) is 20.7. The molecule has 0 atom stereocenters. The third-order valence-electron chi connectivity index (χ3n) is 5.86. The highest BCUT2D eigenvalue weighted by Gasteiger charge is 2.44. The average molecular weight is 429 g/mol. The summed E-state index contributed by atoms with van der Waals surface area (Å²) < 4.78 is 18.9. The smallest absolute Gasteiger partial charge is 0.299 e. The third-order valence-corrected chi connectivity index (χ3v) is 6.43. The number of amides is 1.